The molecule has 346 valence electrons. The summed E-state index contributed by atoms with van der Waals surface area (Å²) in [5, 5.41) is 4.87. The van der Waals surface area contributed by atoms with E-state index in [-0.39, 0.29) is 10.8 Å². The highest BCUT2D eigenvalue weighted by Crippen LogP contribution is 2.60. The van der Waals surface area contributed by atoms with Gasteiger partial charge in [-0.05, 0) is 105 Å². The maximum Gasteiger partial charge on any atom is 0.133 e. The average Bonchev–Trinajstić information content (AvgIpc) is 4.04. The maximum atomic E-state index is 6.82. The molecule has 12 aromatic rings. The van der Waals surface area contributed by atoms with Crippen LogP contribution in [-0.4, -0.2) is 9.13 Å². The van der Waals surface area contributed by atoms with E-state index in [2.05, 4.69) is 255 Å². The first-order valence-corrected chi connectivity index (χ1v) is 25.6. The molecule has 0 amide bonds. The van der Waals surface area contributed by atoms with Gasteiger partial charge in [0.05, 0.1) is 27.5 Å². The van der Waals surface area contributed by atoms with Crippen molar-refractivity contribution in [3.8, 4) is 45.5 Å². The molecule has 10 aromatic carbocycles. The Labute approximate surface area is 423 Å². The lowest BCUT2D eigenvalue weighted by Gasteiger charge is -2.36. The van der Waals surface area contributed by atoms with Crippen LogP contribution >= 0.6 is 0 Å². The van der Waals surface area contributed by atoms with Crippen molar-refractivity contribution in [2.75, 3.05) is 0 Å². The Bertz CT molecular complexity index is 4180. The predicted octanol–water partition coefficient (Wildman–Crippen LogP) is 17.6. The zero-order valence-corrected chi connectivity index (χ0v) is 41.0. The van der Waals surface area contributed by atoms with Crippen LogP contribution in [0.5, 0.6) is 23.0 Å². The Kier molecular flexibility index (Phi) is 7.93. The topological polar surface area (TPSA) is 28.3 Å². The van der Waals surface area contributed by atoms with E-state index in [0.29, 0.717) is 0 Å². The van der Waals surface area contributed by atoms with Gasteiger partial charge < -0.3 is 18.6 Å². The predicted molar refractivity (Wildman–Crippen MR) is 299 cm³/mol. The molecule has 0 saturated heterocycles. The molecule has 16 rings (SSSR count). The summed E-state index contributed by atoms with van der Waals surface area (Å²) in [6, 6.07) is 76.7. The monoisotopic (exact) mass is 936 g/mol. The highest BCUT2D eigenvalue weighted by molar-refractivity contribution is 6.11. The van der Waals surface area contributed by atoms with Crippen LogP contribution in [0, 0.1) is 0 Å². The molecular weight excluding hydrogens is 889 g/mol. The Morgan fingerprint density at radius 2 is 0.699 bits per heavy atom. The van der Waals surface area contributed by atoms with Crippen molar-refractivity contribution in [1.29, 1.82) is 0 Å². The largest absolute Gasteiger partial charge is 0.457 e. The van der Waals surface area contributed by atoms with Crippen molar-refractivity contribution < 1.29 is 9.47 Å². The minimum atomic E-state index is -0.684. The van der Waals surface area contributed by atoms with E-state index in [1.165, 1.54) is 88.3 Å². The summed E-state index contributed by atoms with van der Waals surface area (Å²) in [5.41, 5.74) is 20.4. The molecule has 0 unspecified atom stereocenters. The fourth-order valence-corrected chi connectivity index (χ4v) is 13.8. The van der Waals surface area contributed by atoms with Gasteiger partial charge in [-0.15, -0.1) is 0 Å². The molecule has 4 nitrogen and oxygen atoms in total. The second-order valence-corrected chi connectivity index (χ2v) is 21.6. The minimum absolute atomic E-state index is 0.241. The van der Waals surface area contributed by atoms with Gasteiger partial charge in [0, 0.05) is 78.1 Å². The van der Waals surface area contributed by atoms with Crippen LogP contribution in [-0.2, 0) is 16.2 Å². The van der Waals surface area contributed by atoms with Crippen molar-refractivity contribution in [3.63, 3.8) is 0 Å². The van der Waals surface area contributed by atoms with Crippen LogP contribution in [0.4, 0.5) is 0 Å². The van der Waals surface area contributed by atoms with Crippen LogP contribution in [0.3, 0.4) is 0 Å². The van der Waals surface area contributed by atoms with Gasteiger partial charge >= 0.3 is 0 Å². The summed E-state index contributed by atoms with van der Waals surface area (Å²) in [4.78, 5) is 0. The molecule has 1 spiro atoms. The van der Waals surface area contributed by atoms with E-state index in [1.54, 1.807) is 0 Å². The number of nitrogens with zero attached hydrogens (tertiary/aromatic N) is 2. The van der Waals surface area contributed by atoms with Gasteiger partial charge in [-0.2, -0.15) is 0 Å². The first-order chi connectivity index (χ1) is 35.7. The number of rotatable bonds is 2. The quantitative estimate of drug-likeness (QED) is 0.173. The summed E-state index contributed by atoms with van der Waals surface area (Å²) in [5.74, 6) is 3.64. The fourth-order valence-electron chi connectivity index (χ4n) is 13.8. The summed E-state index contributed by atoms with van der Waals surface area (Å²) in [6.07, 6.45) is 4.68. The number of fused-ring (bicyclic) bond motifs is 19. The summed E-state index contributed by atoms with van der Waals surface area (Å²) >= 11 is 0. The summed E-state index contributed by atoms with van der Waals surface area (Å²) in [7, 11) is 0. The van der Waals surface area contributed by atoms with Gasteiger partial charge in [-0.1, -0.05) is 173 Å². The molecule has 2 aromatic heterocycles. The Hall–Kier alpha value is -8.86. The molecule has 0 saturated carbocycles. The van der Waals surface area contributed by atoms with Crippen molar-refractivity contribution >= 4 is 55.8 Å². The molecular formula is C69H48N2O2. The maximum absolute atomic E-state index is 6.82. The SMILES string of the molecule is CC1(C)c2ccccc2Oc2cc3c(cc21)c1ccccc1n3-c1ccc2c(c1)C1(c3cc(-n4c5ccccc5c5cc6c(cc54)Oc4ccccc4C6(C)C)ccc3C=C2)c2ccccc2-c2ccccc21. The van der Waals surface area contributed by atoms with Crippen LogP contribution < -0.4 is 9.47 Å². The highest BCUT2D eigenvalue weighted by Gasteiger charge is 2.49. The Morgan fingerprint density at radius 3 is 1.16 bits per heavy atom. The number of hydrogen-bond donors (Lipinski definition) is 0. The molecule has 4 aliphatic rings. The molecule has 0 N–H and O–H groups in total. The number of hydrogen-bond acceptors (Lipinski definition) is 2. The average molecular weight is 937 g/mol. The lowest BCUT2D eigenvalue weighted by molar-refractivity contribution is 0.418. The highest BCUT2D eigenvalue weighted by atomic mass is 16.5. The van der Waals surface area contributed by atoms with E-state index in [0.717, 1.165) is 56.4 Å². The first kappa shape index (κ1) is 40.8. The van der Waals surface area contributed by atoms with Gasteiger partial charge in [-0.25, -0.2) is 0 Å². The van der Waals surface area contributed by atoms with E-state index in [1.807, 2.05) is 0 Å². The van der Waals surface area contributed by atoms with Crippen molar-refractivity contribution in [2.24, 2.45) is 0 Å². The molecule has 4 heteroatoms. The van der Waals surface area contributed by atoms with Crippen molar-refractivity contribution in [1.82, 2.24) is 9.13 Å². The fraction of sp³-hybridized carbons (Fsp3) is 0.101. The molecule has 2 aliphatic heterocycles. The van der Waals surface area contributed by atoms with Crippen molar-refractivity contribution in [3.05, 3.63) is 262 Å². The summed E-state index contributed by atoms with van der Waals surface area (Å²) < 4.78 is 18.6. The van der Waals surface area contributed by atoms with Gasteiger partial charge in [0.1, 0.15) is 23.0 Å². The number of aromatic nitrogens is 2. The smallest absolute Gasteiger partial charge is 0.133 e. The number of para-hydroxylation sites is 4. The standard InChI is InChI=1S/C69H48N2O2/c1-67(2)53-23-11-15-27-63(53)72-65-39-61-49(37-57(65)67)47-19-7-13-25-59(47)70(61)43-33-31-41-29-30-42-32-34-44(36-56(42)69(55(41)35-43)51-21-9-5-17-45(51)46-18-6-10-22-52(46)69)71-60-26-14-8-20-48(60)50-38-58-66(40-62(50)71)73-64-28-16-12-24-54(64)68(58,3)4/h5-40H,1-4H3. The van der Waals surface area contributed by atoms with Crippen LogP contribution in [0.15, 0.2) is 206 Å². The Balaban J connectivity index is 0.961. The third-order valence-electron chi connectivity index (χ3n) is 17.2. The van der Waals surface area contributed by atoms with Gasteiger partial charge in [0.25, 0.3) is 0 Å². The lowest BCUT2D eigenvalue weighted by atomic mass is 9.66. The molecule has 0 radical (unpaired) electrons. The first-order valence-electron chi connectivity index (χ1n) is 25.6. The number of benzene rings is 10. The van der Waals surface area contributed by atoms with E-state index in [4.69, 9.17) is 9.47 Å². The van der Waals surface area contributed by atoms with Gasteiger partial charge in [-0.3, -0.25) is 0 Å². The van der Waals surface area contributed by atoms with Gasteiger partial charge in [0.15, 0.2) is 0 Å². The summed E-state index contributed by atoms with van der Waals surface area (Å²) in [6.45, 7) is 9.28. The van der Waals surface area contributed by atoms with Gasteiger partial charge in [0.2, 0.25) is 0 Å². The third-order valence-corrected chi connectivity index (χ3v) is 17.2. The second kappa shape index (κ2) is 14.2. The normalized spacial score (nSPS) is 15.6. The van der Waals surface area contributed by atoms with E-state index in [9.17, 15) is 0 Å². The molecule has 0 atom stereocenters. The molecule has 0 fully saturated rings. The third kappa shape index (κ3) is 5.24. The lowest BCUT2D eigenvalue weighted by Crippen LogP contribution is -2.30. The molecule has 2 aliphatic carbocycles. The Morgan fingerprint density at radius 1 is 0.301 bits per heavy atom. The van der Waals surface area contributed by atoms with E-state index < -0.39 is 5.41 Å². The molecule has 73 heavy (non-hydrogen) atoms. The molecule has 0 bridgehead atoms. The number of ether oxygens (including phenoxy) is 2. The molecule has 4 heterocycles. The second-order valence-electron chi connectivity index (χ2n) is 21.6. The van der Waals surface area contributed by atoms with Crippen LogP contribution in [0.25, 0.3) is 78.3 Å². The minimum Gasteiger partial charge on any atom is -0.457 e. The van der Waals surface area contributed by atoms with Crippen LogP contribution in [0.2, 0.25) is 0 Å². The van der Waals surface area contributed by atoms with Crippen LogP contribution in [0.1, 0.15) is 83.3 Å². The zero-order valence-electron chi connectivity index (χ0n) is 41.0. The van der Waals surface area contributed by atoms with Crippen molar-refractivity contribution in [2.45, 2.75) is 43.9 Å². The zero-order chi connectivity index (χ0) is 48.5. The van der Waals surface area contributed by atoms with E-state index >= 15 is 0 Å².